The van der Waals surface area contributed by atoms with Gasteiger partial charge in [-0.15, -0.1) is 11.8 Å². The van der Waals surface area contributed by atoms with Gasteiger partial charge < -0.3 is 19.3 Å². The number of carbonyl (C=O) groups is 1. The summed E-state index contributed by atoms with van der Waals surface area (Å²) >= 11 is 1.58. The van der Waals surface area contributed by atoms with E-state index in [0.717, 1.165) is 16.9 Å². The van der Waals surface area contributed by atoms with Crippen molar-refractivity contribution >= 4 is 17.7 Å². The maximum Gasteiger partial charge on any atom is 0.321 e. The highest BCUT2D eigenvalue weighted by molar-refractivity contribution is 7.99. The second-order valence-electron chi connectivity index (χ2n) is 7.80. The van der Waals surface area contributed by atoms with Crippen molar-refractivity contribution in [1.29, 1.82) is 0 Å². The zero-order chi connectivity index (χ0) is 22.4. The molecule has 168 valence electrons. The number of ether oxygens (including phenoxy) is 3. The van der Waals surface area contributed by atoms with Crippen LogP contribution in [0.1, 0.15) is 48.8 Å². The first-order valence-corrected chi connectivity index (χ1v) is 11.7. The van der Waals surface area contributed by atoms with Crippen LogP contribution in [0.5, 0.6) is 17.2 Å². The maximum atomic E-state index is 11.2. The number of carboxylic acid groups (broad SMARTS) is 1. The molecule has 1 aliphatic heterocycles. The van der Waals surface area contributed by atoms with E-state index in [0.29, 0.717) is 43.0 Å². The number of nitrogens with one attached hydrogen (secondary N) is 1. The summed E-state index contributed by atoms with van der Waals surface area (Å²) in [5.74, 6) is 2.30. The van der Waals surface area contributed by atoms with Crippen LogP contribution >= 0.6 is 11.8 Å². The molecule has 0 aliphatic carbocycles. The molecule has 0 spiro atoms. The Kier molecular flexibility index (Phi) is 8.09. The molecule has 1 heterocycles. The Hall–Kier alpha value is -2.38. The van der Waals surface area contributed by atoms with Gasteiger partial charge in [-0.25, -0.2) is 0 Å². The summed E-state index contributed by atoms with van der Waals surface area (Å²) in [6.45, 7) is 9.62. The third kappa shape index (κ3) is 6.08. The maximum absolute atomic E-state index is 11.2. The predicted octanol–water partition coefficient (Wildman–Crippen LogP) is 4.76. The van der Waals surface area contributed by atoms with Crippen LogP contribution in [0.25, 0.3) is 0 Å². The number of thioether (sulfide) groups is 1. The summed E-state index contributed by atoms with van der Waals surface area (Å²) in [7, 11) is 0. The third-order valence-corrected chi connectivity index (χ3v) is 6.31. The largest absolute Gasteiger partial charge is 0.490 e. The molecule has 31 heavy (non-hydrogen) atoms. The molecule has 2 atom stereocenters. The van der Waals surface area contributed by atoms with Gasteiger partial charge >= 0.3 is 5.97 Å². The molecule has 0 radical (unpaired) electrons. The van der Waals surface area contributed by atoms with Gasteiger partial charge in [0.2, 0.25) is 0 Å². The van der Waals surface area contributed by atoms with Crippen LogP contribution in [0.2, 0.25) is 0 Å². The van der Waals surface area contributed by atoms with Gasteiger partial charge in [-0.3, -0.25) is 10.1 Å². The van der Waals surface area contributed by atoms with E-state index in [1.807, 2.05) is 25.1 Å². The molecule has 0 aromatic heterocycles. The predicted molar refractivity (Wildman–Crippen MR) is 124 cm³/mol. The molecule has 1 aliphatic rings. The van der Waals surface area contributed by atoms with E-state index < -0.39 is 12.0 Å². The zero-order valence-electron chi connectivity index (χ0n) is 18.5. The molecule has 1 saturated heterocycles. The van der Waals surface area contributed by atoms with E-state index in [1.165, 1.54) is 5.56 Å². The van der Waals surface area contributed by atoms with Gasteiger partial charge in [0.1, 0.15) is 25.0 Å². The molecule has 7 heteroatoms. The summed E-state index contributed by atoms with van der Waals surface area (Å²) in [4.78, 5) is 11.2. The fraction of sp³-hybridized carbons (Fsp3) is 0.458. The molecule has 6 nitrogen and oxygen atoms in total. The van der Waals surface area contributed by atoms with Gasteiger partial charge in [-0.2, -0.15) is 0 Å². The second kappa shape index (κ2) is 10.8. The van der Waals surface area contributed by atoms with Crippen molar-refractivity contribution < 1.29 is 24.1 Å². The third-order valence-electron chi connectivity index (χ3n) is 5.04. The van der Waals surface area contributed by atoms with Gasteiger partial charge in [-0.05, 0) is 54.7 Å². The minimum absolute atomic E-state index is 0.0755. The Morgan fingerprint density at radius 3 is 2.48 bits per heavy atom. The average molecular weight is 446 g/mol. The van der Waals surface area contributed by atoms with Crippen LogP contribution in [0.4, 0.5) is 0 Å². The molecule has 3 rings (SSSR count). The molecular formula is C24H31NO5S. The van der Waals surface area contributed by atoms with Crippen molar-refractivity contribution in [2.45, 2.75) is 45.0 Å². The lowest BCUT2D eigenvalue weighted by Gasteiger charge is -2.17. The lowest BCUT2D eigenvalue weighted by molar-refractivity contribution is -0.138. The first kappa shape index (κ1) is 23.3. The van der Waals surface area contributed by atoms with E-state index in [9.17, 15) is 9.90 Å². The van der Waals surface area contributed by atoms with E-state index in [4.69, 9.17) is 14.2 Å². The number of hydrogen-bond acceptors (Lipinski definition) is 6. The fourth-order valence-electron chi connectivity index (χ4n) is 3.43. The molecule has 0 bridgehead atoms. The SMILES string of the molecule is CCOc1cc(C2NC(C(=O)O)CS2)ccc1OCCOc1cc(C)ccc1C(C)C. The van der Waals surface area contributed by atoms with E-state index in [-0.39, 0.29) is 5.37 Å². The molecule has 2 N–H and O–H groups in total. The molecule has 2 aromatic rings. The van der Waals surface area contributed by atoms with Crippen LogP contribution in [0, 0.1) is 6.92 Å². The van der Waals surface area contributed by atoms with Gasteiger partial charge in [0.05, 0.1) is 12.0 Å². The molecule has 2 unspecified atom stereocenters. The molecular weight excluding hydrogens is 414 g/mol. The molecule has 0 amide bonds. The van der Waals surface area contributed by atoms with Gasteiger partial charge in [0, 0.05) is 5.75 Å². The standard InChI is InChI=1S/C24H31NO5S/c1-5-28-22-13-17(23-25-19(14-31-23)24(26)27)7-9-20(22)29-10-11-30-21-12-16(4)6-8-18(21)15(2)3/h6-9,12-13,15,19,23,25H,5,10-11,14H2,1-4H3,(H,26,27). The lowest BCUT2D eigenvalue weighted by atomic mass is 10.0. The Labute approximate surface area is 188 Å². The number of aliphatic carboxylic acids is 1. The van der Waals surface area contributed by atoms with Crippen molar-refractivity contribution in [2.24, 2.45) is 0 Å². The van der Waals surface area contributed by atoms with Crippen molar-refractivity contribution in [3.05, 3.63) is 53.1 Å². The number of hydrogen-bond donors (Lipinski definition) is 2. The summed E-state index contributed by atoms with van der Waals surface area (Å²) < 4.78 is 17.7. The van der Waals surface area contributed by atoms with Crippen LogP contribution in [0.3, 0.4) is 0 Å². The average Bonchev–Trinajstić information content (AvgIpc) is 3.23. The normalized spacial score (nSPS) is 18.2. The highest BCUT2D eigenvalue weighted by atomic mass is 32.2. The van der Waals surface area contributed by atoms with Gasteiger partial charge in [0.15, 0.2) is 11.5 Å². The lowest BCUT2D eigenvalue weighted by Crippen LogP contribution is -2.33. The topological polar surface area (TPSA) is 77.0 Å². The van der Waals surface area contributed by atoms with Crippen molar-refractivity contribution in [3.63, 3.8) is 0 Å². The van der Waals surface area contributed by atoms with Crippen LogP contribution in [-0.2, 0) is 4.79 Å². The Morgan fingerprint density at radius 1 is 1.10 bits per heavy atom. The second-order valence-corrected chi connectivity index (χ2v) is 8.94. The summed E-state index contributed by atoms with van der Waals surface area (Å²) in [6, 6.07) is 11.5. The summed E-state index contributed by atoms with van der Waals surface area (Å²) in [5, 5.41) is 12.3. The first-order chi connectivity index (χ1) is 14.9. The first-order valence-electron chi connectivity index (χ1n) is 10.6. The Bertz CT molecular complexity index is 902. The van der Waals surface area contributed by atoms with Crippen molar-refractivity contribution in [2.75, 3.05) is 25.6 Å². The zero-order valence-corrected chi connectivity index (χ0v) is 19.3. The molecule has 0 saturated carbocycles. The van der Waals surface area contributed by atoms with Crippen LogP contribution < -0.4 is 19.5 Å². The van der Waals surface area contributed by atoms with E-state index >= 15 is 0 Å². The summed E-state index contributed by atoms with van der Waals surface area (Å²) in [5.41, 5.74) is 3.33. The fourth-order valence-corrected chi connectivity index (χ4v) is 4.65. The molecule has 1 fully saturated rings. The van der Waals surface area contributed by atoms with Crippen molar-refractivity contribution in [1.82, 2.24) is 5.32 Å². The minimum atomic E-state index is -0.825. The monoisotopic (exact) mass is 445 g/mol. The minimum Gasteiger partial charge on any atom is -0.490 e. The Morgan fingerprint density at radius 2 is 1.84 bits per heavy atom. The quantitative estimate of drug-likeness (QED) is 0.511. The van der Waals surface area contributed by atoms with Crippen LogP contribution in [-0.4, -0.2) is 42.7 Å². The number of benzene rings is 2. The summed E-state index contributed by atoms with van der Waals surface area (Å²) in [6.07, 6.45) is 0. The van der Waals surface area contributed by atoms with E-state index in [2.05, 4.69) is 44.3 Å². The smallest absolute Gasteiger partial charge is 0.321 e. The Balaban J connectivity index is 1.61. The number of rotatable bonds is 10. The van der Waals surface area contributed by atoms with Crippen LogP contribution in [0.15, 0.2) is 36.4 Å². The van der Waals surface area contributed by atoms with E-state index in [1.54, 1.807) is 11.8 Å². The van der Waals surface area contributed by atoms with Crippen molar-refractivity contribution in [3.8, 4) is 17.2 Å². The van der Waals surface area contributed by atoms with Gasteiger partial charge in [-0.1, -0.05) is 32.0 Å². The van der Waals surface area contributed by atoms with Gasteiger partial charge in [0.25, 0.3) is 0 Å². The highest BCUT2D eigenvalue weighted by Gasteiger charge is 2.30. The molecule has 2 aromatic carbocycles. The number of aryl methyl sites for hydroxylation is 1. The highest BCUT2D eigenvalue weighted by Crippen LogP contribution is 2.37. The number of carboxylic acids is 1.